The molecule has 6 heteroatoms. The van der Waals surface area contributed by atoms with E-state index in [9.17, 15) is 14.7 Å². The van der Waals surface area contributed by atoms with Crippen LogP contribution in [-0.4, -0.2) is 28.6 Å². The lowest BCUT2D eigenvalue weighted by Gasteiger charge is -2.11. The van der Waals surface area contributed by atoms with Crippen LogP contribution in [0.15, 0.2) is 52.9 Å². The zero-order valence-corrected chi connectivity index (χ0v) is 13.6. The van der Waals surface area contributed by atoms with Gasteiger partial charge in [-0.3, -0.25) is 9.59 Å². The van der Waals surface area contributed by atoms with Crippen molar-refractivity contribution in [2.45, 2.75) is 13.3 Å². The van der Waals surface area contributed by atoms with E-state index < -0.39 is 17.9 Å². The fourth-order valence-electron chi connectivity index (χ4n) is 2.55. The van der Waals surface area contributed by atoms with E-state index in [-0.39, 0.29) is 13.0 Å². The van der Waals surface area contributed by atoms with Gasteiger partial charge < -0.3 is 14.3 Å². The minimum Gasteiger partial charge on any atom is -0.481 e. The van der Waals surface area contributed by atoms with Gasteiger partial charge in [0.05, 0.1) is 6.61 Å². The number of esters is 1. The molecule has 0 amide bonds. The number of aliphatic carboxylic acids is 1. The van der Waals surface area contributed by atoms with Crippen LogP contribution in [-0.2, 0) is 20.7 Å². The molecule has 0 aliphatic heterocycles. The second-order valence-electron chi connectivity index (χ2n) is 5.53. The molecule has 0 aliphatic rings. The number of oxazole rings is 1. The van der Waals surface area contributed by atoms with Crippen LogP contribution in [0, 0.1) is 5.92 Å². The van der Waals surface area contributed by atoms with Gasteiger partial charge in [0.2, 0.25) is 5.89 Å². The summed E-state index contributed by atoms with van der Waals surface area (Å²) in [6.45, 7) is 1.78. The minimum absolute atomic E-state index is 0.0332. The van der Waals surface area contributed by atoms with Gasteiger partial charge in [0.15, 0.2) is 11.5 Å². The van der Waals surface area contributed by atoms with E-state index in [1.807, 2.05) is 30.3 Å². The topological polar surface area (TPSA) is 89.6 Å². The highest BCUT2D eigenvalue weighted by Gasteiger charge is 2.28. The van der Waals surface area contributed by atoms with E-state index in [1.165, 1.54) is 0 Å². The maximum absolute atomic E-state index is 11.8. The van der Waals surface area contributed by atoms with Gasteiger partial charge in [-0.1, -0.05) is 24.3 Å². The third-order valence-corrected chi connectivity index (χ3v) is 3.78. The predicted molar refractivity (Wildman–Crippen MR) is 90.9 cm³/mol. The molecule has 25 heavy (non-hydrogen) atoms. The Kier molecular flexibility index (Phi) is 4.79. The smallest absolute Gasteiger partial charge is 0.320 e. The van der Waals surface area contributed by atoms with Crippen LogP contribution in [0.5, 0.6) is 0 Å². The molecule has 0 saturated carbocycles. The first-order valence-corrected chi connectivity index (χ1v) is 7.93. The lowest BCUT2D eigenvalue weighted by Crippen LogP contribution is -2.27. The average Bonchev–Trinajstić information content (AvgIpc) is 3.03. The number of benzene rings is 2. The van der Waals surface area contributed by atoms with Crippen LogP contribution in [0.2, 0.25) is 0 Å². The molecule has 0 saturated heterocycles. The number of carboxylic acids is 1. The Labute approximate surface area is 144 Å². The number of carbonyl (C=O) groups is 2. The molecule has 3 aromatic rings. The SMILES string of the molecule is CCOC(=O)C(Cc1ccc2nc(-c3ccccc3)oc2c1)C(=O)O. The van der Waals surface area contributed by atoms with Crippen molar-refractivity contribution in [3.8, 4) is 11.5 Å². The molecule has 128 valence electrons. The van der Waals surface area contributed by atoms with Crippen LogP contribution < -0.4 is 0 Å². The number of rotatable bonds is 6. The standard InChI is InChI=1S/C19H17NO5/c1-2-24-19(23)14(18(21)22)10-12-8-9-15-16(11-12)25-17(20-15)13-6-4-3-5-7-13/h3-9,11,14H,2,10H2,1H3,(H,21,22). The maximum atomic E-state index is 11.8. The van der Waals surface area contributed by atoms with E-state index in [4.69, 9.17) is 9.15 Å². The van der Waals surface area contributed by atoms with Crippen LogP contribution in [0.3, 0.4) is 0 Å². The molecular formula is C19H17NO5. The second-order valence-corrected chi connectivity index (χ2v) is 5.53. The molecule has 1 unspecified atom stereocenters. The van der Waals surface area contributed by atoms with Crippen molar-refractivity contribution in [1.82, 2.24) is 4.98 Å². The Morgan fingerprint density at radius 3 is 2.64 bits per heavy atom. The normalized spacial score (nSPS) is 12.0. The summed E-state index contributed by atoms with van der Waals surface area (Å²) in [4.78, 5) is 27.6. The molecule has 6 nitrogen and oxygen atoms in total. The fourth-order valence-corrected chi connectivity index (χ4v) is 2.55. The number of fused-ring (bicyclic) bond motifs is 1. The summed E-state index contributed by atoms with van der Waals surface area (Å²) in [5.74, 6) is -2.69. The van der Waals surface area contributed by atoms with Crippen LogP contribution >= 0.6 is 0 Å². The Hall–Kier alpha value is -3.15. The van der Waals surface area contributed by atoms with Crippen molar-refractivity contribution in [2.24, 2.45) is 5.92 Å². The van der Waals surface area contributed by atoms with Gasteiger partial charge in [-0.15, -0.1) is 0 Å². The third kappa shape index (κ3) is 3.68. The van der Waals surface area contributed by atoms with Crippen molar-refractivity contribution in [3.63, 3.8) is 0 Å². The Morgan fingerprint density at radius 2 is 1.96 bits per heavy atom. The second kappa shape index (κ2) is 7.17. The Morgan fingerprint density at radius 1 is 1.20 bits per heavy atom. The number of carboxylic acid groups (broad SMARTS) is 1. The monoisotopic (exact) mass is 339 g/mol. The molecule has 0 fully saturated rings. The average molecular weight is 339 g/mol. The van der Waals surface area contributed by atoms with E-state index in [0.717, 1.165) is 5.56 Å². The number of carbonyl (C=O) groups excluding carboxylic acids is 1. The van der Waals surface area contributed by atoms with Crippen LogP contribution in [0.1, 0.15) is 12.5 Å². The molecule has 3 rings (SSSR count). The molecular weight excluding hydrogens is 322 g/mol. The number of aromatic nitrogens is 1. The molecule has 0 bridgehead atoms. The summed E-state index contributed by atoms with van der Waals surface area (Å²) in [6, 6.07) is 14.7. The van der Waals surface area contributed by atoms with Crippen molar-refractivity contribution in [2.75, 3.05) is 6.61 Å². The third-order valence-electron chi connectivity index (χ3n) is 3.78. The highest BCUT2D eigenvalue weighted by Crippen LogP contribution is 2.25. The van der Waals surface area contributed by atoms with E-state index in [1.54, 1.807) is 25.1 Å². The summed E-state index contributed by atoms with van der Waals surface area (Å²) < 4.78 is 10.6. The first kappa shape index (κ1) is 16.7. The first-order chi connectivity index (χ1) is 12.1. The molecule has 0 spiro atoms. The largest absolute Gasteiger partial charge is 0.481 e. The van der Waals surface area contributed by atoms with Gasteiger partial charge in [0, 0.05) is 5.56 Å². The summed E-state index contributed by atoms with van der Waals surface area (Å²) in [7, 11) is 0. The molecule has 1 atom stereocenters. The summed E-state index contributed by atoms with van der Waals surface area (Å²) in [5, 5.41) is 9.26. The summed E-state index contributed by atoms with van der Waals surface area (Å²) in [5.41, 5.74) is 2.74. The zero-order chi connectivity index (χ0) is 17.8. The molecule has 1 N–H and O–H groups in total. The summed E-state index contributed by atoms with van der Waals surface area (Å²) >= 11 is 0. The van der Waals surface area contributed by atoms with Crippen molar-refractivity contribution >= 4 is 23.0 Å². The maximum Gasteiger partial charge on any atom is 0.320 e. The predicted octanol–water partition coefficient (Wildman–Crippen LogP) is 3.30. The van der Waals surface area contributed by atoms with Crippen molar-refractivity contribution in [1.29, 1.82) is 0 Å². The van der Waals surface area contributed by atoms with Crippen molar-refractivity contribution < 1.29 is 23.8 Å². The Balaban J connectivity index is 1.88. The van der Waals surface area contributed by atoms with E-state index in [0.29, 0.717) is 22.6 Å². The lowest BCUT2D eigenvalue weighted by atomic mass is 9.99. The van der Waals surface area contributed by atoms with Crippen molar-refractivity contribution in [3.05, 3.63) is 54.1 Å². The minimum atomic E-state index is -1.24. The quantitative estimate of drug-likeness (QED) is 0.547. The Bertz CT molecular complexity index is 901. The van der Waals surface area contributed by atoms with Gasteiger partial charge in [-0.05, 0) is 43.2 Å². The number of hydrogen-bond acceptors (Lipinski definition) is 5. The van der Waals surface area contributed by atoms with Gasteiger partial charge in [0.1, 0.15) is 5.52 Å². The molecule has 1 aromatic heterocycles. The van der Waals surface area contributed by atoms with Crippen LogP contribution in [0.25, 0.3) is 22.6 Å². The highest BCUT2D eigenvalue weighted by atomic mass is 16.5. The van der Waals surface area contributed by atoms with Gasteiger partial charge in [0.25, 0.3) is 0 Å². The number of nitrogens with zero attached hydrogens (tertiary/aromatic N) is 1. The number of ether oxygens (including phenoxy) is 1. The highest BCUT2D eigenvalue weighted by molar-refractivity contribution is 5.94. The van der Waals surface area contributed by atoms with Gasteiger partial charge in [-0.25, -0.2) is 4.98 Å². The van der Waals surface area contributed by atoms with Crippen LogP contribution in [0.4, 0.5) is 0 Å². The fraction of sp³-hybridized carbons (Fsp3) is 0.211. The van der Waals surface area contributed by atoms with Gasteiger partial charge >= 0.3 is 11.9 Å². The molecule has 1 heterocycles. The number of hydrogen-bond donors (Lipinski definition) is 1. The summed E-state index contributed by atoms with van der Waals surface area (Å²) in [6.07, 6.45) is 0.0332. The molecule has 0 aliphatic carbocycles. The van der Waals surface area contributed by atoms with E-state index >= 15 is 0 Å². The molecule has 2 aromatic carbocycles. The van der Waals surface area contributed by atoms with Gasteiger partial charge in [-0.2, -0.15) is 0 Å². The zero-order valence-electron chi connectivity index (χ0n) is 13.6. The van der Waals surface area contributed by atoms with E-state index in [2.05, 4.69) is 4.98 Å². The lowest BCUT2D eigenvalue weighted by molar-refractivity contribution is -0.158. The molecule has 0 radical (unpaired) electrons. The first-order valence-electron chi connectivity index (χ1n) is 7.93.